The van der Waals surface area contributed by atoms with Crippen LogP contribution in [0.4, 0.5) is 0 Å². The number of aliphatic hydroxyl groups excluding tert-OH is 1. The van der Waals surface area contributed by atoms with Gasteiger partial charge in [-0.1, -0.05) is 0 Å². The number of aromatic nitrogens is 1. The standard InChI is InChI=1S/C14H14N2O3.Ac/c1-6-12(16-4-5-16)14(19)9-7-2-3-8(17)10(7)15-11(9)13(6)18;/h8,15,17H,2-5H2,1H3;. The molecule has 0 amide bonds. The van der Waals surface area contributed by atoms with Gasteiger partial charge in [-0.2, -0.15) is 0 Å². The molecular weight excluding hydrogens is 471 g/mol. The number of nitrogens with zero attached hydrogens (tertiary/aromatic N) is 1. The molecule has 2 heterocycles. The van der Waals surface area contributed by atoms with E-state index >= 15 is 0 Å². The van der Waals surface area contributed by atoms with E-state index in [1.165, 1.54) is 0 Å². The summed E-state index contributed by atoms with van der Waals surface area (Å²) >= 11 is 0. The maximum absolute atomic E-state index is 12.6. The van der Waals surface area contributed by atoms with Crippen LogP contribution in [0.2, 0.25) is 0 Å². The van der Waals surface area contributed by atoms with E-state index in [0.717, 1.165) is 18.7 Å². The number of rotatable bonds is 1. The average molecular weight is 485 g/mol. The van der Waals surface area contributed by atoms with Crippen LogP contribution in [0.5, 0.6) is 0 Å². The van der Waals surface area contributed by atoms with Crippen LogP contribution in [0.3, 0.4) is 0 Å². The van der Waals surface area contributed by atoms with Crippen LogP contribution in [0.15, 0.2) is 11.3 Å². The monoisotopic (exact) mass is 485 g/mol. The van der Waals surface area contributed by atoms with Crippen LogP contribution in [-0.4, -0.2) is 39.6 Å². The van der Waals surface area contributed by atoms with Gasteiger partial charge in [-0.15, -0.1) is 0 Å². The minimum absolute atomic E-state index is 0. The van der Waals surface area contributed by atoms with E-state index < -0.39 is 6.10 Å². The van der Waals surface area contributed by atoms with Gasteiger partial charge in [0, 0.05) is 68.4 Å². The zero-order chi connectivity index (χ0) is 13.3. The van der Waals surface area contributed by atoms with E-state index in [1.54, 1.807) is 6.92 Å². The number of nitrogens with one attached hydrogen (secondary N) is 1. The van der Waals surface area contributed by atoms with Crippen molar-refractivity contribution in [3.63, 3.8) is 0 Å². The van der Waals surface area contributed by atoms with Crippen LogP contribution in [0.1, 0.15) is 51.6 Å². The van der Waals surface area contributed by atoms with Crippen molar-refractivity contribution < 1.29 is 58.8 Å². The molecule has 6 heteroatoms. The maximum atomic E-state index is 12.6. The number of hydrogen-bond acceptors (Lipinski definition) is 4. The van der Waals surface area contributed by atoms with E-state index in [0.29, 0.717) is 41.1 Å². The molecule has 3 aliphatic rings. The van der Waals surface area contributed by atoms with E-state index in [9.17, 15) is 14.7 Å². The second kappa shape index (κ2) is 4.79. The fraction of sp³-hybridized carbons (Fsp3) is 0.429. The van der Waals surface area contributed by atoms with Crippen molar-refractivity contribution in [1.82, 2.24) is 9.88 Å². The number of carbonyl (C=O) groups is 2. The Bertz CT molecular complexity index is 670. The van der Waals surface area contributed by atoms with Crippen molar-refractivity contribution in [1.29, 1.82) is 0 Å². The molecule has 2 aliphatic carbocycles. The molecule has 1 unspecified atom stereocenters. The van der Waals surface area contributed by atoms with Gasteiger partial charge in [-0.3, -0.25) is 9.59 Å². The number of carbonyl (C=O) groups excluding carboxylic acids is 2. The molecule has 0 bridgehead atoms. The summed E-state index contributed by atoms with van der Waals surface area (Å²) in [5, 5.41) is 9.88. The van der Waals surface area contributed by atoms with Crippen molar-refractivity contribution in [3.8, 4) is 0 Å². The minimum atomic E-state index is -0.578. The molecule has 1 fully saturated rings. The number of ketones is 2. The summed E-state index contributed by atoms with van der Waals surface area (Å²) in [5.74, 6) is -0.172. The Kier molecular flexibility index (Phi) is 3.47. The van der Waals surface area contributed by atoms with Crippen molar-refractivity contribution in [3.05, 3.63) is 33.8 Å². The summed E-state index contributed by atoms with van der Waals surface area (Å²) in [5.41, 5.74) is 3.45. The predicted octanol–water partition coefficient (Wildman–Crippen LogP) is 0.963. The first-order valence-electron chi connectivity index (χ1n) is 6.57. The number of hydrogen-bond donors (Lipinski definition) is 2. The van der Waals surface area contributed by atoms with Crippen molar-refractivity contribution in [2.24, 2.45) is 0 Å². The summed E-state index contributed by atoms with van der Waals surface area (Å²) in [4.78, 5) is 29.9. The Balaban J connectivity index is 0.00000121. The first-order valence-corrected chi connectivity index (χ1v) is 6.57. The first kappa shape index (κ1) is 14.5. The third-order valence-electron chi connectivity index (χ3n) is 4.27. The van der Waals surface area contributed by atoms with Gasteiger partial charge in [0.05, 0.1) is 23.1 Å². The van der Waals surface area contributed by atoms with E-state index in [2.05, 4.69) is 4.98 Å². The van der Waals surface area contributed by atoms with Gasteiger partial charge in [0.2, 0.25) is 11.6 Å². The van der Waals surface area contributed by atoms with Crippen molar-refractivity contribution in [2.75, 3.05) is 13.1 Å². The second-order valence-electron chi connectivity index (χ2n) is 5.44. The summed E-state index contributed by atoms with van der Waals surface area (Å²) < 4.78 is 0. The Morgan fingerprint density at radius 1 is 1.25 bits per heavy atom. The summed E-state index contributed by atoms with van der Waals surface area (Å²) in [6.45, 7) is 3.39. The molecule has 101 valence electrons. The molecule has 2 N–H and O–H groups in total. The molecule has 1 radical (unpaired) electrons. The second-order valence-corrected chi connectivity index (χ2v) is 5.44. The van der Waals surface area contributed by atoms with Gasteiger partial charge in [0.1, 0.15) is 0 Å². The Labute approximate surface area is 152 Å². The van der Waals surface area contributed by atoms with Gasteiger partial charge in [-0.25, -0.2) is 0 Å². The Morgan fingerprint density at radius 3 is 2.60 bits per heavy atom. The Hall–Kier alpha value is -0.438. The predicted molar refractivity (Wildman–Crippen MR) is 67.0 cm³/mol. The van der Waals surface area contributed by atoms with Crippen molar-refractivity contribution in [2.45, 2.75) is 25.9 Å². The number of aliphatic hydroxyl groups is 1. The third kappa shape index (κ3) is 1.81. The van der Waals surface area contributed by atoms with Crippen LogP contribution in [0, 0.1) is 44.1 Å². The third-order valence-corrected chi connectivity index (χ3v) is 4.27. The molecule has 0 aromatic carbocycles. The van der Waals surface area contributed by atoms with Crippen molar-refractivity contribution >= 4 is 11.6 Å². The maximum Gasteiger partial charge on any atom is 0.212 e. The van der Waals surface area contributed by atoms with Gasteiger partial charge >= 0.3 is 0 Å². The molecule has 20 heavy (non-hydrogen) atoms. The normalized spacial score (nSPS) is 23.7. The number of H-pyrrole nitrogens is 1. The van der Waals surface area contributed by atoms with E-state index in [-0.39, 0.29) is 55.6 Å². The molecular formula is C14H14AcN2O3. The molecule has 0 spiro atoms. The summed E-state index contributed by atoms with van der Waals surface area (Å²) in [6, 6.07) is 0. The van der Waals surface area contributed by atoms with Crippen LogP contribution >= 0.6 is 0 Å². The minimum Gasteiger partial charge on any atom is -0.387 e. The molecule has 1 atom stereocenters. The molecule has 4 rings (SSSR count). The number of Topliss-reactive ketones (excluding diaryl/α,β-unsaturated/α-hetero) is 2. The summed E-state index contributed by atoms with van der Waals surface area (Å²) in [7, 11) is 0. The molecule has 1 aromatic rings. The quantitative estimate of drug-likeness (QED) is 0.582. The first-order chi connectivity index (χ1) is 9.09. The molecule has 1 aromatic heterocycles. The van der Waals surface area contributed by atoms with E-state index in [1.807, 2.05) is 4.90 Å². The topological polar surface area (TPSA) is 73.2 Å². The number of aromatic amines is 1. The largest absolute Gasteiger partial charge is 0.387 e. The summed E-state index contributed by atoms with van der Waals surface area (Å²) in [6.07, 6.45) is 0.705. The number of allylic oxidation sites excluding steroid dienone is 2. The van der Waals surface area contributed by atoms with E-state index in [4.69, 9.17) is 0 Å². The zero-order valence-corrected chi connectivity index (χ0v) is 15.9. The van der Waals surface area contributed by atoms with Gasteiger partial charge in [-0.05, 0) is 25.3 Å². The van der Waals surface area contributed by atoms with Gasteiger partial charge in [0.15, 0.2) is 0 Å². The fourth-order valence-corrected chi connectivity index (χ4v) is 3.19. The van der Waals surface area contributed by atoms with Crippen LogP contribution in [-0.2, 0) is 6.42 Å². The average Bonchev–Trinajstić information content (AvgIpc) is 3.03. The Morgan fingerprint density at radius 2 is 1.95 bits per heavy atom. The molecule has 5 nitrogen and oxygen atoms in total. The number of fused-ring (bicyclic) bond motifs is 3. The van der Waals surface area contributed by atoms with Gasteiger partial charge in [0.25, 0.3) is 0 Å². The van der Waals surface area contributed by atoms with Gasteiger partial charge < -0.3 is 15.0 Å². The zero-order valence-electron chi connectivity index (χ0n) is 11.2. The molecule has 0 saturated carbocycles. The molecule has 1 aliphatic heterocycles. The smallest absolute Gasteiger partial charge is 0.212 e. The molecule has 1 saturated heterocycles. The fourth-order valence-electron chi connectivity index (χ4n) is 3.19. The van der Waals surface area contributed by atoms with Crippen LogP contribution in [0.25, 0.3) is 0 Å². The SMILES string of the molecule is CC1=C(N2CC2)C(=O)c2c([nH]c3c2CCC3O)C1=O.[Ac]. The van der Waals surface area contributed by atoms with Crippen LogP contribution < -0.4 is 0 Å².